The van der Waals surface area contributed by atoms with Gasteiger partial charge in [0.1, 0.15) is 47.2 Å². The highest BCUT2D eigenvalue weighted by atomic mass is 32.2. The van der Waals surface area contributed by atoms with E-state index in [9.17, 15) is 0 Å². The molecule has 1 N–H and O–H groups in total. The Hall–Kier alpha value is -11.2. The second kappa shape index (κ2) is 23.0. The summed E-state index contributed by atoms with van der Waals surface area (Å²) in [4.78, 5) is 10.1. The third-order valence-corrected chi connectivity index (χ3v) is 37.6. The monoisotopic (exact) mass is 1490 g/mol. The van der Waals surface area contributed by atoms with Gasteiger partial charge in [0.2, 0.25) is 0 Å². The van der Waals surface area contributed by atoms with Crippen molar-refractivity contribution >= 4 is 251 Å². The van der Waals surface area contributed by atoms with Crippen molar-refractivity contribution in [1.82, 2.24) is 0 Å². The minimum atomic E-state index is -2.16. The molecule has 9 nitrogen and oxygen atoms in total. The van der Waals surface area contributed by atoms with Crippen LogP contribution in [0, 0.1) is 0 Å². The summed E-state index contributed by atoms with van der Waals surface area (Å²) >= 11 is 3.51. The van der Waals surface area contributed by atoms with Gasteiger partial charge in [-0.2, -0.15) is 0 Å². The lowest BCUT2D eigenvalue weighted by Gasteiger charge is -2.45. The first-order valence-electron chi connectivity index (χ1n) is 38.0. The van der Waals surface area contributed by atoms with E-state index in [0.717, 1.165) is 102 Å². The van der Waals surface area contributed by atoms with Crippen molar-refractivity contribution in [2.75, 3.05) is 46.0 Å². The minimum absolute atomic E-state index is 0.140. The average Bonchev–Trinajstić information content (AvgIpc) is 0.705. The number of fused-ring (bicyclic) bond motifs is 18. The molecular formula is C92H72B3N7O2S2Si3. The van der Waals surface area contributed by atoms with Gasteiger partial charge in [0.25, 0.3) is 20.1 Å². The molecule has 0 aliphatic carbocycles. The number of hydrogen-bond donors (Lipinski definition) is 1. The molecule has 0 saturated heterocycles. The first-order chi connectivity index (χ1) is 53.3. The van der Waals surface area contributed by atoms with Crippen molar-refractivity contribution in [3.8, 4) is 23.0 Å². The second-order valence-corrected chi connectivity index (χ2v) is 46.4. The zero-order valence-corrected chi connectivity index (χ0v) is 66.3. The number of rotatable bonds is 6. The Morgan fingerprint density at radius 1 is 0.257 bits per heavy atom. The van der Waals surface area contributed by atoms with Crippen molar-refractivity contribution in [3.63, 3.8) is 0 Å². The summed E-state index contributed by atoms with van der Waals surface area (Å²) in [6, 6.07) is 109. The zero-order chi connectivity index (χ0) is 72.8. The lowest BCUT2D eigenvalue weighted by molar-refractivity contribution is 0.487. The largest absolute Gasteiger partial charge is 0.458 e. The average molecular weight is 1490 g/mol. The van der Waals surface area contributed by atoms with Crippen LogP contribution in [-0.2, 0) is 0 Å². The van der Waals surface area contributed by atoms with Gasteiger partial charge in [-0.15, -0.1) is 0 Å². The first-order valence-corrected chi connectivity index (χ1v) is 49.3. The Kier molecular flexibility index (Phi) is 13.4. The van der Waals surface area contributed by atoms with Gasteiger partial charge < -0.3 is 34.4 Å². The highest BCUT2D eigenvalue weighted by molar-refractivity contribution is 8.00. The van der Waals surface area contributed by atoms with E-state index in [1.165, 1.54) is 104 Å². The predicted molar refractivity (Wildman–Crippen MR) is 476 cm³/mol. The molecule has 0 fully saturated rings. The van der Waals surface area contributed by atoms with Crippen molar-refractivity contribution in [2.45, 2.75) is 39.3 Å². The summed E-state index contributed by atoms with van der Waals surface area (Å²) < 4.78 is 20.3. The molecule has 109 heavy (non-hydrogen) atoms. The quantitative estimate of drug-likeness (QED) is 0.128. The van der Waals surface area contributed by atoms with Crippen LogP contribution in [0.25, 0.3) is 0 Å². The van der Waals surface area contributed by atoms with Gasteiger partial charge in [-0.25, -0.2) is 0 Å². The molecular weight excluding hydrogens is 1420 g/mol. The number of ether oxygens (including phenoxy) is 2. The highest BCUT2D eigenvalue weighted by Crippen LogP contribution is 2.52. The molecule has 9 aliphatic heterocycles. The maximum absolute atomic E-state index is 7.92. The lowest BCUT2D eigenvalue weighted by atomic mass is 9.29. The SMILES string of the molecule is CSN1c2cc3c(cc2B2c4cc5c(cc4Oc4cc(N6c7ccccc7[Si](C)(C)c7ccccc76)cc1c42)N(SC)c1cc(N2c4ccccc4[Si](C)(C)c4ccccc42)cc2c1B5c1ccccc1O2)B1c2ccccc2N(c2ccccc2)c2cc(N4c5ccccc5[Si](C)(C)c5ccccc54)cc(c21)N3. The number of benzene rings is 14. The molecule has 0 unspecified atom stereocenters. The highest BCUT2D eigenvalue weighted by Gasteiger charge is 2.52. The maximum atomic E-state index is 7.92. The molecule has 9 heterocycles. The van der Waals surface area contributed by atoms with Crippen LogP contribution in [0.4, 0.5) is 102 Å². The number of para-hydroxylation sites is 9. The number of hydrogen-bond acceptors (Lipinski definition) is 11. The Morgan fingerprint density at radius 2 is 0.624 bits per heavy atom. The van der Waals surface area contributed by atoms with E-state index < -0.39 is 24.2 Å². The second-order valence-electron chi connectivity index (χ2n) is 32.0. The van der Waals surface area contributed by atoms with Gasteiger partial charge in [-0.05, 0) is 195 Å². The first kappa shape index (κ1) is 63.9. The smallest absolute Gasteiger partial charge is 0.256 e. The summed E-state index contributed by atoms with van der Waals surface area (Å²) in [5, 5.41) is 12.9. The number of anilines is 18. The Balaban J connectivity index is 0.763. The molecule has 0 saturated carbocycles. The molecule has 14 aromatic carbocycles. The Morgan fingerprint density at radius 3 is 1.11 bits per heavy atom. The van der Waals surface area contributed by atoms with Crippen LogP contribution in [0.2, 0.25) is 39.3 Å². The molecule has 0 aromatic heterocycles. The van der Waals surface area contributed by atoms with Crippen LogP contribution < -0.4 is 123 Å². The minimum Gasteiger partial charge on any atom is -0.458 e. The molecule has 520 valence electrons. The third kappa shape index (κ3) is 8.67. The summed E-state index contributed by atoms with van der Waals surface area (Å²) in [5.41, 5.74) is 31.6. The van der Waals surface area contributed by atoms with E-state index in [1.54, 1.807) is 23.9 Å². The van der Waals surface area contributed by atoms with Crippen molar-refractivity contribution in [3.05, 3.63) is 285 Å². The van der Waals surface area contributed by atoms with E-state index >= 15 is 0 Å². The fourth-order valence-corrected chi connectivity index (χ4v) is 31.0. The van der Waals surface area contributed by atoms with E-state index in [0.29, 0.717) is 0 Å². The van der Waals surface area contributed by atoms with E-state index in [4.69, 9.17) is 9.47 Å². The van der Waals surface area contributed by atoms with Crippen LogP contribution >= 0.6 is 23.9 Å². The van der Waals surface area contributed by atoms with Crippen molar-refractivity contribution in [2.24, 2.45) is 0 Å². The van der Waals surface area contributed by atoms with Gasteiger partial charge >= 0.3 is 0 Å². The van der Waals surface area contributed by atoms with Crippen LogP contribution in [-0.4, -0.2) is 56.9 Å². The molecule has 0 radical (unpaired) electrons. The predicted octanol–water partition coefficient (Wildman–Crippen LogP) is 14.6. The summed E-state index contributed by atoms with van der Waals surface area (Å²) in [6.45, 7) is 14.5. The fourth-order valence-electron chi connectivity index (χ4n) is 20.6. The van der Waals surface area contributed by atoms with E-state index in [-0.39, 0.29) is 20.1 Å². The van der Waals surface area contributed by atoms with Gasteiger partial charge in [0.05, 0.1) is 34.1 Å². The van der Waals surface area contributed by atoms with Crippen LogP contribution in [0.3, 0.4) is 0 Å². The maximum Gasteiger partial charge on any atom is 0.256 e. The standard InChI is InChI=1S/C92H72B3N7O2S2Si3/c1-105-101-75-54-66-62(93-60-30-12-14-32-68(60)97(56-28-10-9-11-29-56)77-47-57(46-67(96-66)90(77)93)98-69-33-15-22-40-84(69)107(3,4)85-41-23-16-34-70(85)98)52-63(75)95-65-53-64-76(55-81(65)104-83-51-59(49-79(101)92(83)95)100-73-37-19-26-44-88(73)109(7,8)89-45-27-20-38-74(89)100)102(106-2)78-48-58(50-82-91(78)94(64)61-31-13-21-39-80(61)103-82)99-71-35-17-24-42-86(71)108(5,6)87-43-25-18-36-72(87)99/h9-55,96H,1-8H3. The summed E-state index contributed by atoms with van der Waals surface area (Å²) in [7, 11) is -6.37. The summed E-state index contributed by atoms with van der Waals surface area (Å²) in [6.07, 6.45) is 4.47. The van der Waals surface area contributed by atoms with Gasteiger partial charge in [-0.1, -0.05) is 215 Å². The molecule has 9 aliphatic rings. The van der Waals surface area contributed by atoms with Gasteiger partial charge in [0, 0.05) is 99.0 Å². The van der Waals surface area contributed by atoms with Crippen LogP contribution in [0.5, 0.6) is 23.0 Å². The molecule has 0 spiro atoms. The van der Waals surface area contributed by atoms with E-state index in [2.05, 4.69) is 370 Å². The van der Waals surface area contributed by atoms with Gasteiger partial charge in [-0.3, -0.25) is 8.61 Å². The molecule has 0 amide bonds. The van der Waals surface area contributed by atoms with Crippen molar-refractivity contribution in [1.29, 1.82) is 0 Å². The zero-order valence-electron chi connectivity index (χ0n) is 61.7. The van der Waals surface area contributed by atoms with E-state index in [1.807, 2.05) is 0 Å². The third-order valence-electron chi connectivity index (χ3n) is 25.4. The molecule has 23 rings (SSSR count). The van der Waals surface area contributed by atoms with Crippen molar-refractivity contribution < 1.29 is 9.47 Å². The van der Waals surface area contributed by atoms with Crippen LogP contribution in [0.1, 0.15) is 0 Å². The molecule has 17 heteroatoms. The lowest BCUT2D eigenvalue weighted by Crippen LogP contribution is -2.65. The Labute approximate surface area is 649 Å². The topological polar surface area (TPSA) is 49.9 Å². The van der Waals surface area contributed by atoms with Gasteiger partial charge in [0.15, 0.2) is 0 Å². The van der Waals surface area contributed by atoms with Crippen LogP contribution in [0.15, 0.2) is 285 Å². The normalized spacial score (nSPS) is 16.1. The number of nitrogens with one attached hydrogen (secondary N) is 1. The fraction of sp³-hybridized carbons (Fsp3) is 0.0870. The molecule has 0 atom stereocenters. The molecule has 0 bridgehead atoms. The summed E-state index contributed by atoms with van der Waals surface area (Å²) in [5.74, 6) is 3.46. The Bertz CT molecular complexity index is 6230. The molecule has 14 aromatic rings. The number of nitrogens with zero attached hydrogens (tertiary/aromatic N) is 6.